The Morgan fingerprint density at radius 3 is 2.32 bits per heavy atom. The molecule has 0 bridgehead atoms. The highest BCUT2D eigenvalue weighted by atomic mass is 16.1. The third-order valence-corrected chi connectivity index (χ3v) is 3.55. The zero-order chi connectivity index (χ0) is 16.3. The second-order valence-corrected chi connectivity index (χ2v) is 5.46. The Bertz CT molecular complexity index is 771. The van der Waals surface area contributed by atoms with Crippen molar-refractivity contribution < 1.29 is 4.79 Å². The van der Waals surface area contributed by atoms with Gasteiger partial charge in [0.15, 0.2) is 0 Å². The van der Waals surface area contributed by atoms with Gasteiger partial charge in [-0.3, -0.25) is 4.79 Å². The van der Waals surface area contributed by atoms with Crippen molar-refractivity contribution in [2.75, 3.05) is 5.32 Å². The number of amides is 1. The summed E-state index contributed by atoms with van der Waals surface area (Å²) in [7, 11) is 1.90. The van der Waals surface area contributed by atoms with E-state index >= 15 is 0 Å². The van der Waals surface area contributed by atoms with Gasteiger partial charge in [-0.1, -0.05) is 6.07 Å². The molecule has 0 aliphatic heterocycles. The van der Waals surface area contributed by atoms with Gasteiger partial charge < -0.3 is 9.88 Å². The van der Waals surface area contributed by atoms with Gasteiger partial charge in [-0.2, -0.15) is 5.26 Å². The van der Waals surface area contributed by atoms with Crippen LogP contribution in [0.1, 0.15) is 22.5 Å². The number of rotatable bonds is 3. The van der Waals surface area contributed by atoms with E-state index in [0.717, 1.165) is 22.5 Å². The number of benzene rings is 1. The highest BCUT2D eigenvalue weighted by Gasteiger charge is 2.11. The van der Waals surface area contributed by atoms with Gasteiger partial charge in [0, 0.05) is 24.1 Å². The molecule has 2 aromatic rings. The number of carbonyl (C=O) groups excluding carboxylic acids is 1. The van der Waals surface area contributed by atoms with Crippen LogP contribution in [0.2, 0.25) is 0 Å². The fourth-order valence-corrected chi connectivity index (χ4v) is 2.32. The van der Waals surface area contributed by atoms with Crippen LogP contribution >= 0.6 is 0 Å². The van der Waals surface area contributed by atoms with Crippen LogP contribution in [0, 0.1) is 32.1 Å². The number of aryl methyl sites for hydroxylation is 3. The molecule has 0 aliphatic carbocycles. The molecule has 4 nitrogen and oxygen atoms in total. The molecular formula is C18H19N3O. The number of anilines is 1. The summed E-state index contributed by atoms with van der Waals surface area (Å²) in [6.45, 7) is 5.91. The minimum atomic E-state index is -0.397. The molecule has 0 fully saturated rings. The average molecular weight is 293 g/mol. The number of carbonyl (C=O) groups is 1. The van der Waals surface area contributed by atoms with Crippen LogP contribution in [0.15, 0.2) is 35.9 Å². The Morgan fingerprint density at radius 1 is 1.18 bits per heavy atom. The lowest BCUT2D eigenvalue weighted by atomic mass is 10.1. The zero-order valence-corrected chi connectivity index (χ0v) is 13.3. The highest BCUT2D eigenvalue weighted by molar-refractivity contribution is 6.09. The Hall–Kier alpha value is -2.80. The quantitative estimate of drug-likeness (QED) is 0.695. The number of hydrogen-bond donors (Lipinski definition) is 1. The van der Waals surface area contributed by atoms with Crippen molar-refractivity contribution >= 4 is 17.7 Å². The van der Waals surface area contributed by atoms with Crippen LogP contribution in [-0.4, -0.2) is 10.5 Å². The SMILES string of the molecule is Cc1cc(C)cc(NC(=O)/C(C#N)=C\c2ccc(C)n2C)c1. The summed E-state index contributed by atoms with van der Waals surface area (Å²) in [6.07, 6.45) is 1.60. The fourth-order valence-electron chi connectivity index (χ4n) is 2.32. The first-order chi connectivity index (χ1) is 10.4. The van der Waals surface area contributed by atoms with Crippen molar-refractivity contribution in [3.63, 3.8) is 0 Å². The minimum Gasteiger partial charge on any atom is -0.348 e. The third kappa shape index (κ3) is 3.44. The van der Waals surface area contributed by atoms with Gasteiger partial charge in [0.1, 0.15) is 11.6 Å². The standard InChI is InChI=1S/C18H19N3O/c1-12-7-13(2)9-16(8-12)20-18(22)15(11-19)10-17-6-5-14(3)21(17)4/h5-10H,1-4H3,(H,20,22)/b15-10-. The third-order valence-electron chi connectivity index (χ3n) is 3.55. The first kappa shape index (κ1) is 15.6. The van der Waals surface area contributed by atoms with Crippen LogP contribution in [0.25, 0.3) is 6.08 Å². The van der Waals surface area contributed by atoms with Crippen molar-refractivity contribution in [1.29, 1.82) is 5.26 Å². The summed E-state index contributed by atoms with van der Waals surface area (Å²) in [5, 5.41) is 12.0. The lowest BCUT2D eigenvalue weighted by molar-refractivity contribution is -0.112. The molecule has 1 amide bonds. The van der Waals surface area contributed by atoms with Gasteiger partial charge in [0.25, 0.3) is 5.91 Å². The predicted molar refractivity (Wildman–Crippen MR) is 88.3 cm³/mol. The van der Waals surface area contributed by atoms with Gasteiger partial charge in [-0.15, -0.1) is 0 Å². The van der Waals surface area contributed by atoms with E-state index in [1.165, 1.54) is 0 Å². The van der Waals surface area contributed by atoms with Crippen molar-refractivity contribution in [2.24, 2.45) is 7.05 Å². The first-order valence-corrected chi connectivity index (χ1v) is 7.04. The van der Waals surface area contributed by atoms with E-state index in [9.17, 15) is 10.1 Å². The second-order valence-electron chi connectivity index (χ2n) is 5.46. The van der Waals surface area contributed by atoms with E-state index in [0.29, 0.717) is 5.69 Å². The van der Waals surface area contributed by atoms with Crippen molar-refractivity contribution in [3.8, 4) is 6.07 Å². The van der Waals surface area contributed by atoms with Gasteiger partial charge in [-0.05, 0) is 62.2 Å². The highest BCUT2D eigenvalue weighted by Crippen LogP contribution is 2.16. The van der Waals surface area contributed by atoms with E-state index in [1.54, 1.807) is 6.08 Å². The number of nitriles is 1. The van der Waals surface area contributed by atoms with Crippen molar-refractivity contribution in [1.82, 2.24) is 4.57 Å². The molecule has 0 spiro atoms. The maximum Gasteiger partial charge on any atom is 0.266 e. The molecule has 22 heavy (non-hydrogen) atoms. The Kier molecular flexibility index (Phi) is 4.47. The molecule has 0 unspecified atom stereocenters. The maximum atomic E-state index is 12.3. The molecule has 0 saturated carbocycles. The summed E-state index contributed by atoms with van der Waals surface area (Å²) in [4.78, 5) is 12.3. The van der Waals surface area contributed by atoms with Crippen LogP contribution < -0.4 is 5.32 Å². The molecule has 1 aromatic carbocycles. The largest absolute Gasteiger partial charge is 0.348 e. The summed E-state index contributed by atoms with van der Waals surface area (Å²) < 4.78 is 1.93. The molecule has 0 radical (unpaired) electrons. The van der Waals surface area contributed by atoms with Crippen LogP contribution in [0.3, 0.4) is 0 Å². The second kappa shape index (κ2) is 6.31. The normalized spacial score (nSPS) is 11.1. The maximum absolute atomic E-state index is 12.3. The number of aromatic nitrogens is 1. The zero-order valence-electron chi connectivity index (χ0n) is 13.3. The summed E-state index contributed by atoms with van der Waals surface area (Å²) >= 11 is 0. The number of nitrogens with one attached hydrogen (secondary N) is 1. The van der Waals surface area contributed by atoms with Crippen LogP contribution in [-0.2, 0) is 11.8 Å². The molecule has 4 heteroatoms. The smallest absolute Gasteiger partial charge is 0.266 e. The molecule has 0 aliphatic rings. The predicted octanol–water partition coefficient (Wildman–Crippen LogP) is 3.50. The molecule has 112 valence electrons. The summed E-state index contributed by atoms with van der Waals surface area (Å²) in [6, 6.07) is 11.6. The van der Waals surface area contributed by atoms with Crippen molar-refractivity contribution in [2.45, 2.75) is 20.8 Å². The van der Waals surface area contributed by atoms with Gasteiger partial charge >= 0.3 is 0 Å². The van der Waals surface area contributed by atoms with Gasteiger partial charge in [0.05, 0.1) is 0 Å². The van der Waals surface area contributed by atoms with Crippen LogP contribution in [0.5, 0.6) is 0 Å². The van der Waals surface area contributed by atoms with E-state index < -0.39 is 5.91 Å². The Labute approximate surface area is 130 Å². The van der Waals surface area contributed by atoms with E-state index in [1.807, 2.05) is 68.8 Å². The molecule has 0 saturated heterocycles. The lowest BCUT2D eigenvalue weighted by Crippen LogP contribution is -2.14. The number of nitrogens with zero attached hydrogens (tertiary/aromatic N) is 2. The molecular weight excluding hydrogens is 274 g/mol. The molecule has 1 heterocycles. The van der Waals surface area contributed by atoms with Gasteiger partial charge in [-0.25, -0.2) is 0 Å². The molecule has 0 atom stereocenters. The molecule has 1 N–H and O–H groups in total. The van der Waals surface area contributed by atoms with E-state index in [4.69, 9.17) is 0 Å². The Morgan fingerprint density at radius 2 is 1.82 bits per heavy atom. The fraction of sp³-hybridized carbons (Fsp3) is 0.222. The Balaban J connectivity index is 2.26. The molecule has 2 rings (SSSR count). The average Bonchev–Trinajstić information content (AvgIpc) is 2.75. The topological polar surface area (TPSA) is 57.8 Å². The van der Waals surface area contributed by atoms with Crippen LogP contribution in [0.4, 0.5) is 5.69 Å². The van der Waals surface area contributed by atoms with Gasteiger partial charge in [0.2, 0.25) is 0 Å². The van der Waals surface area contributed by atoms with E-state index in [-0.39, 0.29) is 5.57 Å². The lowest BCUT2D eigenvalue weighted by Gasteiger charge is -2.07. The van der Waals surface area contributed by atoms with E-state index in [2.05, 4.69) is 5.32 Å². The molecule has 1 aromatic heterocycles. The first-order valence-electron chi connectivity index (χ1n) is 7.04. The monoisotopic (exact) mass is 293 g/mol. The summed E-state index contributed by atoms with van der Waals surface area (Å²) in [5.41, 5.74) is 4.81. The van der Waals surface area contributed by atoms with Crippen molar-refractivity contribution in [3.05, 3.63) is 58.4 Å². The minimum absolute atomic E-state index is 0.0837. The number of hydrogen-bond acceptors (Lipinski definition) is 2. The summed E-state index contributed by atoms with van der Waals surface area (Å²) in [5.74, 6) is -0.397.